The van der Waals surface area contributed by atoms with Crippen molar-refractivity contribution in [3.05, 3.63) is 0 Å². The molecule has 0 amide bonds. The van der Waals surface area contributed by atoms with E-state index in [0.717, 1.165) is 19.3 Å². The van der Waals surface area contributed by atoms with Crippen molar-refractivity contribution in [2.75, 3.05) is 12.3 Å². The van der Waals surface area contributed by atoms with E-state index in [0.29, 0.717) is 6.54 Å². The first-order valence-corrected chi connectivity index (χ1v) is 7.32. The van der Waals surface area contributed by atoms with Crippen molar-refractivity contribution in [2.45, 2.75) is 45.4 Å². The van der Waals surface area contributed by atoms with Gasteiger partial charge in [0.1, 0.15) is 0 Å². The number of carboxylic acid groups (broad SMARTS) is 1. The third kappa shape index (κ3) is 9.92. The van der Waals surface area contributed by atoms with Crippen molar-refractivity contribution >= 4 is 16.0 Å². The van der Waals surface area contributed by atoms with Crippen molar-refractivity contribution < 1.29 is 18.3 Å². The van der Waals surface area contributed by atoms with Crippen molar-refractivity contribution in [1.29, 1.82) is 0 Å². The lowest BCUT2D eigenvalue weighted by Gasteiger charge is -2.04. The van der Waals surface area contributed by atoms with E-state index < -0.39 is 21.7 Å². The summed E-state index contributed by atoms with van der Waals surface area (Å²) < 4.78 is 24.4. The molecule has 0 spiro atoms. The quantitative estimate of drug-likeness (QED) is 0.574. The van der Waals surface area contributed by atoms with Crippen molar-refractivity contribution in [3.8, 4) is 0 Å². The molecule has 0 unspecified atom stereocenters. The minimum Gasteiger partial charge on any atom is -0.480 e. The Morgan fingerprint density at radius 2 is 1.69 bits per heavy atom. The van der Waals surface area contributed by atoms with E-state index in [4.69, 9.17) is 5.11 Å². The Hall–Kier alpha value is -0.620. The largest absolute Gasteiger partial charge is 0.480 e. The van der Waals surface area contributed by atoms with E-state index in [9.17, 15) is 13.2 Å². The Labute approximate surface area is 97.3 Å². The lowest BCUT2D eigenvalue weighted by molar-refractivity contribution is -0.134. The van der Waals surface area contributed by atoms with Gasteiger partial charge >= 0.3 is 5.97 Å². The van der Waals surface area contributed by atoms with Gasteiger partial charge < -0.3 is 5.11 Å². The summed E-state index contributed by atoms with van der Waals surface area (Å²) in [5, 5.41) is 8.33. The average Bonchev–Trinajstić information content (AvgIpc) is 2.14. The molecule has 0 bridgehead atoms. The Morgan fingerprint density at radius 1 is 1.12 bits per heavy atom. The number of unbranched alkanes of at least 4 members (excludes halogenated alkanes) is 5. The first-order valence-electron chi connectivity index (χ1n) is 5.67. The molecule has 0 atom stereocenters. The molecule has 96 valence electrons. The number of rotatable bonds is 10. The molecule has 5 nitrogen and oxygen atoms in total. The number of carbonyl (C=O) groups is 1. The predicted molar refractivity (Wildman–Crippen MR) is 62.8 cm³/mol. The molecule has 0 aromatic carbocycles. The SMILES string of the molecule is CCCCCCCCNS(=O)(=O)CC(=O)O. The van der Waals surface area contributed by atoms with Crippen LogP contribution in [0.1, 0.15) is 45.4 Å². The molecule has 0 radical (unpaired) electrons. The molecule has 0 saturated heterocycles. The van der Waals surface area contributed by atoms with Crippen molar-refractivity contribution in [3.63, 3.8) is 0 Å². The molecule has 16 heavy (non-hydrogen) atoms. The third-order valence-corrected chi connectivity index (χ3v) is 3.44. The molecular weight excluding hydrogens is 230 g/mol. The summed E-state index contributed by atoms with van der Waals surface area (Å²) >= 11 is 0. The molecule has 0 fully saturated rings. The van der Waals surface area contributed by atoms with E-state index in [1.807, 2.05) is 0 Å². The van der Waals surface area contributed by atoms with Crippen LogP contribution in [0.2, 0.25) is 0 Å². The molecule has 0 rings (SSSR count). The number of nitrogens with one attached hydrogen (secondary N) is 1. The number of hydrogen-bond donors (Lipinski definition) is 2. The van der Waals surface area contributed by atoms with Gasteiger partial charge in [0.05, 0.1) is 0 Å². The monoisotopic (exact) mass is 251 g/mol. The van der Waals surface area contributed by atoms with Gasteiger partial charge in [0.25, 0.3) is 0 Å². The minimum atomic E-state index is -3.63. The Bertz CT molecular complexity index is 287. The van der Waals surface area contributed by atoms with Crippen LogP contribution in [0.5, 0.6) is 0 Å². The van der Waals surface area contributed by atoms with Gasteiger partial charge in [-0.1, -0.05) is 39.0 Å². The average molecular weight is 251 g/mol. The van der Waals surface area contributed by atoms with E-state index >= 15 is 0 Å². The fraction of sp³-hybridized carbons (Fsp3) is 0.900. The summed E-state index contributed by atoms with van der Waals surface area (Å²) in [7, 11) is -3.63. The fourth-order valence-corrected chi connectivity index (χ4v) is 2.23. The molecule has 0 aromatic heterocycles. The standard InChI is InChI=1S/C10H21NO4S/c1-2-3-4-5-6-7-8-11-16(14,15)9-10(12)13/h11H,2-9H2,1H3,(H,12,13). The van der Waals surface area contributed by atoms with Gasteiger partial charge in [-0.15, -0.1) is 0 Å². The number of aliphatic carboxylic acids is 1. The Kier molecular flexibility index (Phi) is 8.19. The van der Waals surface area contributed by atoms with E-state index in [1.54, 1.807) is 0 Å². The smallest absolute Gasteiger partial charge is 0.320 e. The molecule has 0 heterocycles. The van der Waals surface area contributed by atoms with Gasteiger partial charge in [0, 0.05) is 6.54 Å². The lowest BCUT2D eigenvalue weighted by Crippen LogP contribution is -2.30. The maximum Gasteiger partial charge on any atom is 0.320 e. The highest BCUT2D eigenvalue weighted by Crippen LogP contribution is 2.04. The summed E-state index contributed by atoms with van der Waals surface area (Å²) in [4.78, 5) is 10.2. The van der Waals surface area contributed by atoms with Gasteiger partial charge in [0.15, 0.2) is 5.75 Å². The second-order valence-electron chi connectivity index (χ2n) is 3.81. The van der Waals surface area contributed by atoms with E-state index in [2.05, 4.69) is 11.6 Å². The fourth-order valence-electron chi connectivity index (χ4n) is 1.35. The molecule has 0 aliphatic heterocycles. The lowest BCUT2D eigenvalue weighted by atomic mass is 10.1. The van der Waals surface area contributed by atoms with Gasteiger partial charge in [-0.3, -0.25) is 4.79 Å². The van der Waals surface area contributed by atoms with Crippen LogP contribution in [0.25, 0.3) is 0 Å². The first kappa shape index (κ1) is 15.4. The normalized spacial score (nSPS) is 11.6. The molecule has 6 heteroatoms. The minimum absolute atomic E-state index is 0.335. The zero-order valence-electron chi connectivity index (χ0n) is 9.74. The topological polar surface area (TPSA) is 83.5 Å². The Balaban J connectivity index is 3.47. The number of carboxylic acids is 1. The van der Waals surface area contributed by atoms with Crippen LogP contribution in [0, 0.1) is 0 Å². The van der Waals surface area contributed by atoms with Crippen LogP contribution in [0.4, 0.5) is 0 Å². The molecule has 0 aliphatic carbocycles. The summed E-state index contributed by atoms with van der Waals surface area (Å²) in [6.07, 6.45) is 6.43. The maximum absolute atomic E-state index is 11.1. The van der Waals surface area contributed by atoms with Crippen LogP contribution < -0.4 is 4.72 Å². The van der Waals surface area contributed by atoms with Gasteiger partial charge in [-0.25, -0.2) is 13.1 Å². The van der Waals surface area contributed by atoms with Crippen LogP contribution in [-0.2, 0) is 14.8 Å². The summed E-state index contributed by atoms with van der Waals surface area (Å²) in [5.74, 6) is -2.17. The number of sulfonamides is 1. The molecule has 0 aliphatic rings. The molecular formula is C10H21NO4S. The van der Waals surface area contributed by atoms with Crippen LogP contribution >= 0.6 is 0 Å². The molecule has 2 N–H and O–H groups in total. The van der Waals surface area contributed by atoms with Gasteiger partial charge in [0.2, 0.25) is 10.0 Å². The first-order chi connectivity index (χ1) is 7.48. The third-order valence-electron chi connectivity index (χ3n) is 2.17. The second kappa shape index (κ2) is 8.52. The highest BCUT2D eigenvalue weighted by molar-refractivity contribution is 7.90. The van der Waals surface area contributed by atoms with Crippen LogP contribution in [0.3, 0.4) is 0 Å². The second-order valence-corrected chi connectivity index (χ2v) is 5.62. The number of hydrogen-bond acceptors (Lipinski definition) is 3. The highest BCUT2D eigenvalue weighted by Gasteiger charge is 2.13. The maximum atomic E-state index is 11.1. The predicted octanol–water partition coefficient (Wildman–Crippen LogP) is 1.35. The summed E-state index contributed by atoms with van der Waals surface area (Å²) in [5.41, 5.74) is 0. The van der Waals surface area contributed by atoms with Crippen molar-refractivity contribution in [2.24, 2.45) is 0 Å². The Morgan fingerprint density at radius 3 is 2.25 bits per heavy atom. The van der Waals surface area contributed by atoms with E-state index in [-0.39, 0.29) is 0 Å². The van der Waals surface area contributed by atoms with E-state index in [1.165, 1.54) is 19.3 Å². The van der Waals surface area contributed by atoms with Crippen LogP contribution in [-0.4, -0.2) is 31.8 Å². The molecule has 0 aromatic rings. The zero-order chi connectivity index (χ0) is 12.4. The van der Waals surface area contributed by atoms with Crippen molar-refractivity contribution in [1.82, 2.24) is 4.72 Å². The summed E-state index contributed by atoms with van der Waals surface area (Å²) in [6, 6.07) is 0. The highest BCUT2D eigenvalue weighted by atomic mass is 32.2. The molecule has 0 saturated carbocycles. The zero-order valence-corrected chi connectivity index (χ0v) is 10.6. The van der Waals surface area contributed by atoms with Crippen LogP contribution in [0.15, 0.2) is 0 Å². The van der Waals surface area contributed by atoms with Gasteiger partial charge in [-0.05, 0) is 6.42 Å². The summed E-state index contributed by atoms with van der Waals surface area (Å²) in [6.45, 7) is 2.47. The van der Waals surface area contributed by atoms with Gasteiger partial charge in [-0.2, -0.15) is 0 Å².